The molecule has 1 radical (unpaired) electrons. The van der Waals surface area contributed by atoms with Gasteiger partial charge in [0.15, 0.2) is 5.82 Å². The smallest absolute Gasteiger partial charge is 0.153 e. The Hall–Kier alpha value is -1.12. The minimum atomic E-state index is -0.523. The van der Waals surface area contributed by atoms with Crippen LogP contribution in [0.1, 0.15) is 0 Å². The maximum absolute atomic E-state index is 12.0. The zero-order valence-electron chi connectivity index (χ0n) is 4.06. The quantitative estimate of drug-likeness (QED) is 0.532. The van der Waals surface area contributed by atoms with Crippen molar-refractivity contribution in [2.75, 3.05) is 5.73 Å². The second-order valence-electron chi connectivity index (χ2n) is 1.36. The fourth-order valence-corrected chi connectivity index (χ4v) is 0.384. The Morgan fingerprint density at radius 1 is 1.75 bits per heavy atom. The number of anilines is 1. The van der Waals surface area contributed by atoms with Crippen LogP contribution in [0.5, 0.6) is 0 Å². The van der Waals surface area contributed by atoms with E-state index in [1.807, 2.05) is 0 Å². The van der Waals surface area contributed by atoms with Crippen LogP contribution in [-0.4, -0.2) is 4.98 Å². The number of nitrogens with two attached hydrogens (primary N) is 1. The summed E-state index contributed by atoms with van der Waals surface area (Å²) in [7, 11) is 0. The number of hydrogen-bond acceptors (Lipinski definition) is 2. The van der Waals surface area contributed by atoms with Gasteiger partial charge in [0.25, 0.3) is 0 Å². The molecule has 0 aliphatic rings. The third-order valence-electron chi connectivity index (χ3n) is 0.678. The van der Waals surface area contributed by atoms with Gasteiger partial charge >= 0.3 is 0 Å². The Balaban J connectivity index is 3.08. The van der Waals surface area contributed by atoms with Gasteiger partial charge in [-0.05, 0) is 0 Å². The summed E-state index contributed by atoms with van der Waals surface area (Å²) in [5.74, 6) is -0.523. The van der Waals surface area contributed by atoms with Crippen molar-refractivity contribution in [3.05, 3.63) is 24.3 Å². The fourth-order valence-electron chi connectivity index (χ4n) is 0.384. The van der Waals surface area contributed by atoms with Crippen LogP contribution in [0.2, 0.25) is 0 Å². The average Bonchev–Trinajstić information content (AvgIpc) is 1.64. The number of aromatic nitrogens is 1. The van der Waals surface area contributed by atoms with Gasteiger partial charge in [-0.2, -0.15) is 0 Å². The molecule has 0 spiro atoms. The molecule has 0 atom stereocenters. The predicted molar refractivity (Wildman–Crippen MR) is 27.4 cm³/mol. The lowest BCUT2D eigenvalue weighted by molar-refractivity contribution is 0.619. The van der Waals surface area contributed by atoms with Gasteiger partial charge in [0, 0.05) is 6.07 Å². The van der Waals surface area contributed by atoms with Gasteiger partial charge in [0.1, 0.15) is 6.20 Å². The van der Waals surface area contributed by atoms with E-state index in [0.29, 0.717) is 5.69 Å². The summed E-state index contributed by atoms with van der Waals surface area (Å²) in [4.78, 5) is 3.36. The molecule has 1 aromatic rings. The van der Waals surface area contributed by atoms with Gasteiger partial charge < -0.3 is 5.73 Å². The second kappa shape index (κ2) is 1.78. The highest BCUT2D eigenvalue weighted by Gasteiger charge is 1.87. The Labute approximate surface area is 46.2 Å². The number of halogens is 1. The van der Waals surface area contributed by atoms with E-state index in [1.165, 1.54) is 6.20 Å². The van der Waals surface area contributed by atoms with E-state index in [9.17, 15) is 4.39 Å². The van der Waals surface area contributed by atoms with E-state index in [0.717, 1.165) is 6.07 Å². The standard InChI is InChI=1S/C5H4FN2/c6-4-1-5(7)3-8-2-4/h1,3H,7H2. The van der Waals surface area contributed by atoms with Crippen LogP contribution in [0.4, 0.5) is 10.1 Å². The van der Waals surface area contributed by atoms with Gasteiger partial charge in [-0.1, -0.05) is 0 Å². The first kappa shape index (κ1) is 5.03. The van der Waals surface area contributed by atoms with E-state index >= 15 is 0 Å². The lowest BCUT2D eigenvalue weighted by atomic mass is 10.4. The summed E-state index contributed by atoms with van der Waals surface area (Å²) in [6, 6.07) is 1.16. The van der Waals surface area contributed by atoms with Crippen molar-refractivity contribution < 1.29 is 4.39 Å². The van der Waals surface area contributed by atoms with Crippen molar-refractivity contribution in [1.29, 1.82) is 0 Å². The molecule has 2 nitrogen and oxygen atoms in total. The van der Waals surface area contributed by atoms with Gasteiger partial charge in [0.2, 0.25) is 0 Å². The molecule has 2 N–H and O–H groups in total. The summed E-state index contributed by atoms with van der Waals surface area (Å²) >= 11 is 0. The van der Waals surface area contributed by atoms with Crippen LogP contribution >= 0.6 is 0 Å². The highest BCUT2D eigenvalue weighted by molar-refractivity contribution is 5.32. The SMILES string of the molecule is Nc1cn[c]c(F)c1. The molecule has 0 aliphatic carbocycles. The molecule has 0 bridgehead atoms. The Morgan fingerprint density at radius 2 is 2.50 bits per heavy atom. The molecular formula is C5H4FN2. The van der Waals surface area contributed by atoms with Crippen molar-refractivity contribution in [2.45, 2.75) is 0 Å². The minimum Gasteiger partial charge on any atom is -0.397 e. The minimum absolute atomic E-state index is 0.321. The van der Waals surface area contributed by atoms with Crippen molar-refractivity contribution in [3.8, 4) is 0 Å². The fraction of sp³-hybridized carbons (Fsp3) is 0. The largest absolute Gasteiger partial charge is 0.397 e. The van der Waals surface area contributed by atoms with Crippen molar-refractivity contribution >= 4 is 5.69 Å². The zero-order valence-corrected chi connectivity index (χ0v) is 4.06. The monoisotopic (exact) mass is 111 g/mol. The molecular weight excluding hydrogens is 107 g/mol. The van der Waals surface area contributed by atoms with Crippen LogP contribution in [0.25, 0.3) is 0 Å². The number of pyridine rings is 1. The van der Waals surface area contributed by atoms with E-state index in [-0.39, 0.29) is 0 Å². The van der Waals surface area contributed by atoms with Crippen LogP contribution in [-0.2, 0) is 0 Å². The molecule has 1 heterocycles. The highest BCUT2D eigenvalue weighted by Crippen LogP contribution is 1.98. The number of nitrogens with zero attached hydrogens (tertiary/aromatic N) is 1. The average molecular weight is 111 g/mol. The van der Waals surface area contributed by atoms with Crippen molar-refractivity contribution in [1.82, 2.24) is 4.98 Å². The van der Waals surface area contributed by atoms with Crippen molar-refractivity contribution in [2.24, 2.45) is 0 Å². The lowest BCUT2D eigenvalue weighted by Crippen LogP contribution is -1.86. The molecule has 41 valence electrons. The third kappa shape index (κ3) is 0.932. The van der Waals surface area contributed by atoms with E-state index in [2.05, 4.69) is 11.2 Å². The highest BCUT2D eigenvalue weighted by atomic mass is 19.1. The van der Waals surface area contributed by atoms with E-state index in [4.69, 9.17) is 5.73 Å². The Kier molecular flexibility index (Phi) is 1.12. The Bertz CT molecular complexity index is 170. The molecule has 0 saturated heterocycles. The molecule has 0 aromatic carbocycles. The molecule has 0 unspecified atom stereocenters. The summed E-state index contributed by atoms with van der Waals surface area (Å²) in [5, 5.41) is 0. The summed E-state index contributed by atoms with van der Waals surface area (Å²) in [5.41, 5.74) is 5.46. The van der Waals surface area contributed by atoms with Crippen LogP contribution < -0.4 is 5.73 Å². The maximum Gasteiger partial charge on any atom is 0.153 e. The normalized spacial score (nSPS) is 9.12. The van der Waals surface area contributed by atoms with Crippen LogP contribution in [0, 0.1) is 12.0 Å². The number of nitrogen functional groups attached to an aromatic ring is 1. The molecule has 1 aromatic heterocycles. The lowest BCUT2D eigenvalue weighted by Gasteiger charge is -1.86. The van der Waals surface area contributed by atoms with E-state index in [1.54, 1.807) is 0 Å². The first-order valence-corrected chi connectivity index (χ1v) is 2.08. The molecule has 0 aliphatic heterocycles. The van der Waals surface area contributed by atoms with Crippen LogP contribution in [0.15, 0.2) is 12.3 Å². The first-order chi connectivity index (χ1) is 3.79. The summed E-state index contributed by atoms with van der Waals surface area (Å²) in [6.45, 7) is 0. The van der Waals surface area contributed by atoms with Gasteiger partial charge in [0.05, 0.1) is 11.9 Å². The third-order valence-corrected chi connectivity index (χ3v) is 0.678. The molecule has 1 rings (SSSR count). The van der Waals surface area contributed by atoms with Crippen molar-refractivity contribution in [3.63, 3.8) is 0 Å². The molecule has 0 saturated carbocycles. The topological polar surface area (TPSA) is 38.9 Å². The molecule has 0 amide bonds. The summed E-state index contributed by atoms with van der Waals surface area (Å²) in [6.07, 6.45) is 3.41. The first-order valence-electron chi connectivity index (χ1n) is 2.08. The molecule has 8 heavy (non-hydrogen) atoms. The van der Waals surface area contributed by atoms with Gasteiger partial charge in [-0.15, -0.1) is 0 Å². The summed E-state index contributed by atoms with van der Waals surface area (Å²) < 4.78 is 12.0. The second-order valence-corrected chi connectivity index (χ2v) is 1.36. The van der Waals surface area contributed by atoms with Crippen LogP contribution in [0.3, 0.4) is 0 Å². The predicted octanol–water partition coefficient (Wildman–Crippen LogP) is 0.603. The van der Waals surface area contributed by atoms with Gasteiger partial charge in [-0.3, -0.25) is 0 Å². The number of hydrogen-bond donors (Lipinski definition) is 1. The number of rotatable bonds is 0. The van der Waals surface area contributed by atoms with Gasteiger partial charge in [-0.25, -0.2) is 9.37 Å². The van der Waals surface area contributed by atoms with E-state index < -0.39 is 5.82 Å². The zero-order chi connectivity index (χ0) is 5.98. The molecule has 3 heteroatoms. The molecule has 0 fully saturated rings. The maximum atomic E-state index is 12.0. The Morgan fingerprint density at radius 3 is 2.88 bits per heavy atom.